The number of fused-ring (bicyclic) bond motifs is 1. The SMILES string of the molecule is Fc1cc(Cl)ccc1C(Cl)c1ccc(Br)c2ccccc12. The van der Waals surface area contributed by atoms with Crippen molar-refractivity contribution in [1.29, 1.82) is 0 Å². The number of hydrogen-bond donors (Lipinski definition) is 0. The number of benzene rings is 3. The van der Waals surface area contributed by atoms with Crippen LogP contribution in [0.1, 0.15) is 16.5 Å². The first kappa shape index (κ1) is 14.8. The van der Waals surface area contributed by atoms with E-state index in [0.717, 1.165) is 20.8 Å². The van der Waals surface area contributed by atoms with Crippen LogP contribution in [0.2, 0.25) is 5.02 Å². The van der Waals surface area contributed by atoms with E-state index in [-0.39, 0.29) is 0 Å². The maximum Gasteiger partial charge on any atom is 0.129 e. The van der Waals surface area contributed by atoms with Crippen LogP contribution in [0, 0.1) is 5.82 Å². The predicted octanol–water partition coefficient (Wildman–Crippen LogP) is 6.72. The highest BCUT2D eigenvalue weighted by molar-refractivity contribution is 9.10. The lowest BCUT2D eigenvalue weighted by Crippen LogP contribution is -1.98. The Morgan fingerprint density at radius 3 is 2.29 bits per heavy atom. The van der Waals surface area contributed by atoms with Gasteiger partial charge in [0.25, 0.3) is 0 Å². The van der Waals surface area contributed by atoms with Crippen LogP contribution in [0.3, 0.4) is 0 Å². The van der Waals surface area contributed by atoms with Gasteiger partial charge in [0.2, 0.25) is 0 Å². The third kappa shape index (κ3) is 2.80. The minimum Gasteiger partial charge on any atom is -0.207 e. The smallest absolute Gasteiger partial charge is 0.129 e. The lowest BCUT2D eigenvalue weighted by Gasteiger charge is -2.15. The molecule has 0 spiro atoms. The summed E-state index contributed by atoms with van der Waals surface area (Å²) in [5, 5.41) is 1.84. The van der Waals surface area contributed by atoms with Gasteiger partial charge in [-0.05, 0) is 34.5 Å². The Labute approximate surface area is 140 Å². The molecule has 0 N–H and O–H groups in total. The summed E-state index contributed by atoms with van der Waals surface area (Å²) in [5.41, 5.74) is 1.30. The van der Waals surface area contributed by atoms with Crippen LogP contribution in [0.15, 0.2) is 59.1 Å². The molecule has 0 bridgehead atoms. The van der Waals surface area contributed by atoms with E-state index >= 15 is 0 Å². The Morgan fingerprint density at radius 2 is 1.57 bits per heavy atom. The zero-order chi connectivity index (χ0) is 15.0. The van der Waals surface area contributed by atoms with E-state index in [2.05, 4.69) is 15.9 Å². The molecular formula is C17H10BrCl2F. The van der Waals surface area contributed by atoms with Crippen molar-refractivity contribution < 1.29 is 4.39 Å². The summed E-state index contributed by atoms with van der Waals surface area (Å²) in [5.74, 6) is -0.394. The molecule has 3 aromatic carbocycles. The summed E-state index contributed by atoms with van der Waals surface area (Å²) >= 11 is 15.8. The summed E-state index contributed by atoms with van der Waals surface area (Å²) in [6, 6.07) is 16.3. The summed E-state index contributed by atoms with van der Waals surface area (Å²) in [7, 11) is 0. The maximum absolute atomic E-state index is 14.1. The second-order valence-corrected chi connectivity index (χ2v) is 6.44. The molecule has 0 saturated carbocycles. The monoisotopic (exact) mass is 382 g/mol. The molecule has 0 radical (unpaired) electrons. The maximum atomic E-state index is 14.1. The molecule has 0 saturated heterocycles. The number of rotatable bonds is 2. The van der Waals surface area contributed by atoms with E-state index in [1.165, 1.54) is 6.07 Å². The normalized spacial score (nSPS) is 12.6. The van der Waals surface area contributed by atoms with Gasteiger partial charge >= 0.3 is 0 Å². The summed E-state index contributed by atoms with van der Waals surface area (Å²) in [6.07, 6.45) is 0. The number of halogens is 4. The molecule has 0 amide bonds. The van der Waals surface area contributed by atoms with Crippen molar-refractivity contribution in [2.45, 2.75) is 5.38 Å². The minimum absolute atomic E-state index is 0.362. The molecule has 3 rings (SSSR count). The van der Waals surface area contributed by atoms with Crippen LogP contribution in [0.4, 0.5) is 4.39 Å². The van der Waals surface area contributed by atoms with Crippen LogP contribution in [-0.2, 0) is 0 Å². The molecule has 106 valence electrons. The van der Waals surface area contributed by atoms with Gasteiger partial charge in [-0.3, -0.25) is 0 Å². The van der Waals surface area contributed by atoms with E-state index in [1.54, 1.807) is 12.1 Å². The molecule has 21 heavy (non-hydrogen) atoms. The first-order valence-electron chi connectivity index (χ1n) is 6.34. The molecule has 0 nitrogen and oxygen atoms in total. The van der Waals surface area contributed by atoms with E-state index in [4.69, 9.17) is 23.2 Å². The standard InChI is InChI=1S/C17H10BrCl2F/c18-15-8-7-13(11-3-1-2-4-12(11)15)17(20)14-6-5-10(19)9-16(14)21/h1-9,17H. The van der Waals surface area contributed by atoms with Crippen molar-refractivity contribution in [3.8, 4) is 0 Å². The van der Waals surface area contributed by atoms with Crippen molar-refractivity contribution in [1.82, 2.24) is 0 Å². The van der Waals surface area contributed by atoms with Crippen LogP contribution in [0.25, 0.3) is 10.8 Å². The van der Waals surface area contributed by atoms with Crippen molar-refractivity contribution >= 4 is 49.9 Å². The second-order valence-electron chi connectivity index (χ2n) is 4.71. The third-order valence-electron chi connectivity index (χ3n) is 3.41. The van der Waals surface area contributed by atoms with E-state index in [1.807, 2.05) is 36.4 Å². The van der Waals surface area contributed by atoms with E-state index in [9.17, 15) is 4.39 Å². The first-order valence-corrected chi connectivity index (χ1v) is 7.95. The average molecular weight is 384 g/mol. The van der Waals surface area contributed by atoms with Crippen molar-refractivity contribution in [3.63, 3.8) is 0 Å². The van der Waals surface area contributed by atoms with Crippen molar-refractivity contribution in [2.75, 3.05) is 0 Å². The van der Waals surface area contributed by atoms with E-state index in [0.29, 0.717) is 10.6 Å². The van der Waals surface area contributed by atoms with Gasteiger partial charge in [-0.15, -0.1) is 11.6 Å². The summed E-state index contributed by atoms with van der Waals surface area (Å²) in [4.78, 5) is 0. The lowest BCUT2D eigenvalue weighted by molar-refractivity contribution is 0.612. The number of hydrogen-bond acceptors (Lipinski definition) is 0. The Morgan fingerprint density at radius 1 is 0.905 bits per heavy atom. The van der Waals surface area contributed by atoms with Crippen molar-refractivity contribution in [2.24, 2.45) is 0 Å². The topological polar surface area (TPSA) is 0 Å². The fraction of sp³-hybridized carbons (Fsp3) is 0.0588. The highest BCUT2D eigenvalue weighted by Crippen LogP contribution is 2.37. The average Bonchev–Trinajstić information content (AvgIpc) is 2.47. The van der Waals surface area contributed by atoms with Gasteiger partial charge in [0, 0.05) is 15.1 Å². The fourth-order valence-electron chi connectivity index (χ4n) is 2.38. The Hall–Kier alpha value is -1.09. The third-order valence-corrected chi connectivity index (χ3v) is 4.81. The van der Waals surface area contributed by atoms with Crippen LogP contribution >= 0.6 is 39.1 Å². The fourth-order valence-corrected chi connectivity index (χ4v) is 3.39. The molecule has 4 heteroatoms. The molecule has 0 fully saturated rings. The van der Waals surface area contributed by atoms with Crippen molar-refractivity contribution in [3.05, 3.63) is 81.0 Å². The van der Waals surface area contributed by atoms with Gasteiger partial charge < -0.3 is 0 Å². The Kier molecular flexibility index (Phi) is 4.21. The summed E-state index contributed by atoms with van der Waals surface area (Å²) in [6.45, 7) is 0. The lowest BCUT2D eigenvalue weighted by atomic mass is 9.98. The highest BCUT2D eigenvalue weighted by atomic mass is 79.9. The highest BCUT2D eigenvalue weighted by Gasteiger charge is 2.18. The summed E-state index contributed by atoms with van der Waals surface area (Å²) < 4.78 is 15.1. The Bertz CT molecular complexity index is 817. The molecule has 0 aliphatic carbocycles. The molecular weight excluding hydrogens is 374 g/mol. The molecule has 1 unspecified atom stereocenters. The van der Waals surface area contributed by atoms with Crippen LogP contribution in [-0.4, -0.2) is 0 Å². The van der Waals surface area contributed by atoms with Gasteiger partial charge in [-0.2, -0.15) is 0 Å². The van der Waals surface area contributed by atoms with Gasteiger partial charge in [0.1, 0.15) is 5.82 Å². The van der Waals surface area contributed by atoms with Gasteiger partial charge in [0.05, 0.1) is 5.38 Å². The molecule has 0 aliphatic heterocycles. The van der Waals surface area contributed by atoms with Gasteiger partial charge in [0.15, 0.2) is 0 Å². The minimum atomic E-state index is -0.569. The van der Waals surface area contributed by atoms with Crippen LogP contribution in [0.5, 0.6) is 0 Å². The molecule has 3 aromatic rings. The first-order chi connectivity index (χ1) is 10.1. The van der Waals surface area contributed by atoms with E-state index < -0.39 is 11.2 Å². The zero-order valence-electron chi connectivity index (χ0n) is 10.8. The second kappa shape index (κ2) is 5.96. The van der Waals surface area contributed by atoms with Gasteiger partial charge in [-0.25, -0.2) is 4.39 Å². The molecule has 1 atom stereocenters. The largest absolute Gasteiger partial charge is 0.207 e. The predicted molar refractivity (Wildman–Crippen MR) is 90.8 cm³/mol. The molecule has 0 heterocycles. The zero-order valence-corrected chi connectivity index (χ0v) is 13.9. The quantitative estimate of drug-likeness (QED) is 0.430. The van der Waals surface area contributed by atoms with Gasteiger partial charge in [-0.1, -0.05) is 63.9 Å². The Balaban J connectivity index is 2.18. The number of alkyl halides is 1. The molecule has 0 aliphatic rings. The molecule has 0 aromatic heterocycles. The van der Waals surface area contributed by atoms with Crippen LogP contribution < -0.4 is 0 Å².